The lowest BCUT2D eigenvalue weighted by Gasteiger charge is -2.17. The molecule has 0 amide bonds. The van der Waals surface area contributed by atoms with Gasteiger partial charge >= 0.3 is 0 Å². The molecule has 102 valence electrons. The Hall–Kier alpha value is -1.88. The molecular formula is C14H18FN3O. The van der Waals surface area contributed by atoms with Crippen molar-refractivity contribution in [3.63, 3.8) is 0 Å². The zero-order valence-corrected chi connectivity index (χ0v) is 11.3. The van der Waals surface area contributed by atoms with E-state index in [9.17, 15) is 4.39 Å². The second kappa shape index (κ2) is 5.84. The molecule has 0 saturated carbocycles. The summed E-state index contributed by atoms with van der Waals surface area (Å²) in [6.45, 7) is 4.56. The van der Waals surface area contributed by atoms with Crippen molar-refractivity contribution in [2.75, 3.05) is 7.11 Å². The number of aromatic amines is 1. The molecule has 19 heavy (non-hydrogen) atoms. The predicted molar refractivity (Wildman–Crippen MR) is 71.5 cm³/mol. The summed E-state index contributed by atoms with van der Waals surface area (Å²) < 4.78 is 18.6. The maximum absolute atomic E-state index is 13.3. The second-order valence-corrected chi connectivity index (χ2v) is 4.46. The van der Waals surface area contributed by atoms with Gasteiger partial charge in [0, 0.05) is 23.8 Å². The number of benzene rings is 1. The van der Waals surface area contributed by atoms with Crippen LogP contribution in [-0.2, 0) is 6.54 Å². The molecule has 0 radical (unpaired) electrons. The van der Waals surface area contributed by atoms with Crippen molar-refractivity contribution in [1.29, 1.82) is 0 Å². The molecule has 4 nitrogen and oxygen atoms in total. The molecule has 0 aliphatic carbocycles. The van der Waals surface area contributed by atoms with Gasteiger partial charge < -0.3 is 15.0 Å². The molecule has 2 aromatic rings. The van der Waals surface area contributed by atoms with Crippen LogP contribution in [0, 0.1) is 12.7 Å². The van der Waals surface area contributed by atoms with Crippen molar-refractivity contribution >= 4 is 0 Å². The Kier molecular flexibility index (Phi) is 4.16. The van der Waals surface area contributed by atoms with Crippen LogP contribution in [0.5, 0.6) is 5.75 Å². The van der Waals surface area contributed by atoms with Gasteiger partial charge in [0.25, 0.3) is 0 Å². The molecule has 1 heterocycles. The van der Waals surface area contributed by atoms with Crippen molar-refractivity contribution < 1.29 is 9.13 Å². The number of aromatic nitrogens is 2. The molecule has 0 aliphatic rings. The third-order valence-electron chi connectivity index (χ3n) is 3.17. The third-order valence-corrected chi connectivity index (χ3v) is 3.17. The Balaban J connectivity index is 2.09. The Morgan fingerprint density at radius 3 is 2.89 bits per heavy atom. The van der Waals surface area contributed by atoms with E-state index in [4.69, 9.17) is 4.74 Å². The number of imidazole rings is 1. The molecule has 2 rings (SSSR count). The number of hydrogen-bond acceptors (Lipinski definition) is 3. The van der Waals surface area contributed by atoms with Crippen LogP contribution >= 0.6 is 0 Å². The van der Waals surface area contributed by atoms with Gasteiger partial charge in [-0.15, -0.1) is 0 Å². The molecule has 0 spiro atoms. The van der Waals surface area contributed by atoms with Crippen LogP contribution < -0.4 is 10.1 Å². The van der Waals surface area contributed by atoms with Crippen molar-refractivity contribution in [2.45, 2.75) is 26.4 Å². The van der Waals surface area contributed by atoms with Crippen LogP contribution in [0.4, 0.5) is 4.39 Å². The maximum atomic E-state index is 13.3. The first-order chi connectivity index (χ1) is 9.11. The number of rotatable bonds is 5. The Bertz CT molecular complexity index is 553. The van der Waals surface area contributed by atoms with Gasteiger partial charge in [-0.05, 0) is 32.0 Å². The largest absolute Gasteiger partial charge is 0.496 e. The second-order valence-electron chi connectivity index (χ2n) is 4.46. The van der Waals surface area contributed by atoms with Gasteiger partial charge in [0.05, 0.1) is 19.1 Å². The summed E-state index contributed by atoms with van der Waals surface area (Å²) in [4.78, 5) is 7.25. The predicted octanol–water partition coefficient (Wildman–Crippen LogP) is 2.72. The van der Waals surface area contributed by atoms with Crippen molar-refractivity contribution in [1.82, 2.24) is 15.3 Å². The molecule has 1 unspecified atom stereocenters. The van der Waals surface area contributed by atoms with Crippen molar-refractivity contribution in [3.05, 3.63) is 47.3 Å². The van der Waals surface area contributed by atoms with E-state index in [-0.39, 0.29) is 11.9 Å². The molecule has 1 aromatic carbocycles. The minimum absolute atomic E-state index is 0.0262. The zero-order valence-electron chi connectivity index (χ0n) is 11.3. The number of H-pyrrole nitrogens is 1. The van der Waals surface area contributed by atoms with E-state index >= 15 is 0 Å². The first-order valence-electron chi connectivity index (χ1n) is 6.17. The zero-order chi connectivity index (χ0) is 13.8. The Morgan fingerprint density at radius 2 is 2.26 bits per heavy atom. The van der Waals surface area contributed by atoms with Crippen LogP contribution in [-0.4, -0.2) is 17.1 Å². The molecule has 1 atom stereocenters. The van der Waals surface area contributed by atoms with E-state index in [1.807, 2.05) is 13.8 Å². The quantitative estimate of drug-likeness (QED) is 0.872. The van der Waals surface area contributed by atoms with Gasteiger partial charge in [-0.1, -0.05) is 0 Å². The summed E-state index contributed by atoms with van der Waals surface area (Å²) in [5.74, 6) is 0.417. The minimum Gasteiger partial charge on any atom is -0.496 e. The average molecular weight is 263 g/mol. The summed E-state index contributed by atoms with van der Waals surface area (Å²) in [6.07, 6.45) is 1.67. The van der Waals surface area contributed by atoms with Gasteiger partial charge in [-0.25, -0.2) is 9.37 Å². The highest BCUT2D eigenvalue weighted by Crippen LogP contribution is 2.25. The highest BCUT2D eigenvalue weighted by atomic mass is 19.1. The van der Waals surface area contributed by atoms with Crippen LogP contribution in [0.1, 0.15) is 29.9 Å². The molecular weight excluding hydrogens is 245 g/mol. The molecule has 0 bridgehead atoms. The van der Waals surface area contributed by atoms with Crippen molar-refractivity contribution in [2.24, 2.45) is 0 Å². The fourth-order valence-corrected chi connectivity index (χ4v) is 1.97. The monoisotopic (exact) mass is 263 g/mol. The third kappa shape index (κ3) is 3.12. The van der Waals surface area contributed by atoms with Crippen LogP contribution in [0.3, 0.4) is 0 Å². The molecule has 5 heteroatoms. The van der Waals surface area contributed by atoms with E-state index in [2.05, 4.69) is 15.3 Å². The minimum atomic E-state index is -0.264. The van der Waals surface area contributed by atoms with E-state index in [1.165, 1.54) is 12.1 Å². The number of nitrogens with one attached hydrogen (secondary N) is 2. The van der Waals surface area contributed by atoms with E-state index in [0.29, 0.717) is 12.3 Å². The number of halogens is 1. The number of nitrogens with zero attached hydrogens (tertiary/aromatic N) is 1. The molecule has 0 fully saturated rings. The molecule has 2 N–H and O–H groups in total. The Morgan fingerprint density at radius 1 is 1.47 bits per heavy atom. The normalized spacial score (nSPS) is 12.4. The van der Waals surface area contributed by atoms with Crippen LogP contribution in [0.25, 0.3) is 0 Å². The van der Waals surface area contributed by atoms with Crippen LogP contribution in [0.15, 0.2) is 24.5 Å². The van der Waals surface area contributed by atoms with E-state index in [1.54, 1.807) is 19.5 Å². The van der Waals surface area contributed by atoms with Gasteiger partial charge in [0.2, 0.25) is 0 Å². The highest BCUT2D eigenvalue weighted by Gasteiger charge is 2.13. The molecule has 0 aliphatic heterocycles. The van der Waals surface area contributed by atoms with Crippen molar-refractivity contribution in [3.8, 4) is 5.75 Å². The fourth-order valence-electron chi connectivity index (χ4n) is 1.97. The van der Waals surface area contributed by atoms with Gasteiger partial charge in [0.15, 0.2) is 0 Å². The number of ether oxygens (including phenoxy) is 1. The highest BCUT2D eigenvalue weighted by molar-refractivity contribution is 5.36. The van der Waals surface area contributed by atoms with E-state index in [0.717, 1.165) is 17.0 Å². The number of hydrogen-bond donors (Lipinski definition) is 2. The lowest BCUT2D eigenvalue weighted by molar-refractivity contribution is 0.399. The maximum Gasteiger partial charge on any atom is 0.123 e. The summed E-state index contributed by atoms with van der Waals surface area (Å²) in [5, 5.41) is 3.31. The van der Waals surface area contributed by atoms with Gasteiger partial charge in [-0.3, -0.25) is 0 Å². The summed E-state index contributed by atoms with van der Waals surface area (Å²) in [7, 11) is 1.58. The van der Waals surface area contributed by atoms with Crippen LogP contribution in [0.2, 0.25) is 0 Å². The summed E-state index contributed by atoms with van der Waals surface area (Å²) >= 11 is 0. The fraction of sp³-hybridized carbons (Fsp3) is 0.357. The van der Waals surface area contributed by atoms with E-state index < -0.39 is 0 Å². The summed E-state index contributed by atoms with van der Waals surface area (Å²) in [6, 6.07) is 4.51. The number of methoxy groups -OCH3 is 1. The summed E-state index contributed by atoms with van der Waals surface area (Å²) in [5.41, 5.74) is 2.80. The smallest absolute Gasteiger partial charge is 0.123 e. The average Bonchev–Trinajstić information content (AvgIpc) is 2.81. The van der Waals surface area contributed by atoms with Gasteiger partial charge in [0.1, 0.15) is 11.6 Å². The van der Waals surface area contributed by atoms with Gasteiger partial charge in [-0.2, -0.15) is 0 Å². The molecule has 1 aromatic heterocycles. The number of aryl methyl sites for hydroxylation is 1. The first-order valence-corrected chi connectivity index (χ1v) is 6.17. The standard InChI is InChI=1S/C14H18FN3O/c1-9(16-7-13-10(2)17-8-18-13)12-6-11(15)4-5-14(12)19-3/h4-6,8-9,16H,7H2,1-3H3,(H,17,18). The Labute approximate surface area is 112 Å². The lowest BCUT2D eigenvalue weighted by atomic mass is 10.1. The topological polar surface area (TPSA) is 49.9 Å². The molecule has 0 saturated heterocycles. The lowest BCUT2D eigenvalue weighted by Crippen LogP contribution is -2.19. The SMILES string of the molecule is COc1ccc(F)cc1C(C)NCc1nc[nH]c1C. The first kappa shape index (κ1) is 13.5.